The van der Waals surface area contributed by atoms with Crippen LogP contribution in [-0.4, -0.2) is 48.6 Å². The Morgan fingerprint density at radius 2 is 1.70 bits per heavy atom. The van der Waals surface area contributed by atoms with E-state index in [0.29, 0.717) is 32.5 Å². The fourth-order valence-electron chi connectivity index (χ4n) is 3.41. The number of hydrogen-bond acceptors (Lipinski definition) is 5. The minimum atomic E-state index is -3.47. The molecule has 0 bridgehead atoms. The lowest BCUT2D eigenvalue weighted by Gasteiger charge is -2.18. The molecule has 0 unspecified atom stereocenters. The Bertz CT molecular complexity index is 1150. The average molecular weight is 471 g/mol. The van der Waals surface area contributed by atoms with Crippen LogP contribution in [0.2, 0.25) is 0 Å². The molecule has 176 valence electrons. The summed E-state index contributed by atoms with van der Waals surface area (Å²) in [5.41, 5.74) is 2.57. The summed E-state index contributed by atoms with van der Waals surface area (Å²) in [5, 5.41) is 7.37. The summed E-state index contributed by atoms with van der Waals surface area (Å²) in [6, 6.07) is 16.1. The molecular formula is C24H30N4O4S. The molecule has 1 amide bonds. The SMILES string of the molecule is CCN(CC)S(=O)(=O)c1ccc(CCC(=O)NCc2ccn(-c3ccc(OC)cc3)n2)cc1. The Hall–Kier alpha value is -3.17. The van der Waals surface area contributed by atoms with Crippen molar-refractivity contribution in [2.24, 2.45) is 0 Å². The van der Waals surface area contributed by atoms with E-state index in [1.165, 1.54) is 4.31 Å². The third-order valence-corrected chi connectivity index (χ3v) is 7.42. The number of ether oxygens (including phenoxy) is 1. The lowest BCUT2D eigenvalue weighted by atomic mass is 10.1. The summed E-state index contributed by atoms with van der Waals surface area (Å²) in [7, 11) is -1.85. The lowest BCUT2D eigenvalue weighted by Crippen LogP contribution is -2.30. The van der Waals surface area contributed by atoms with Gasteiger partial charge in [-0.15, -0.1) is 0 Å². The Morgan fingerprint density at radius 1 is 1.03 bits per heavy atom. The second kappa shape index (κ2) is 11.1. The number of nitrogens with zero attached hydrogens (tertiary/aromatic N) is 3. The molecule has 1 aromatic heterocycles. The third kappa shape index (κ3) is 6.21. The number of nitrogens with one attached hydrogen (secondary N) is 1. The highest BCUT2D eigenvalue weighted by molar-refractivity contribution is 7.89. The van der Waals surface area contributed by atoms with Crippen LogP contribution < -0.4 is 10.1 Å². The van der Waals surface area contributed by atoms with Gasteiger partial charge in [0.2, 0.25) is 15.9 Å². The molecule has 9 heteroatoms. The van der Waals surface area contributed by atoms with Crippen LogP contribution >= 0.6 is 0 Å². The molecule has 1 heterocycles. The van der Waals surface area contributed by atoms with Gasteiger partial charge in [-0.25, -0.2) is 13.1 Å². The first kappa shape index (κ1) is 24.5. The standard InChI is InChI=1S/C24H30N4O4S/c1-4-27(5-2)33(30,31)23-13-6-19(7-14-23)8-15-24(29)25-18-20-16-17-28(26-20)21-9-11-22(32-3)12-10-21/h6-7,9-14,16-17H,4-5,8,15,18H2,1-3H3,(H,25,29). The largest absolute Gasteiger partial charge is 0.497 e. The topological polar surface area (TPSA) is 93.5 Å². The van der Waals surface area contributed by atoms with Crippen molar-refractivity contribution in [3.8, 4) is 11.4 Å². The predicted molar refractivity (Wildman–Crippen MR) is 127 cm³/mol. The third-order valence-electron chi connectivity index (χ3n) is 5.36. The van der Waals surface area contributed by atoms with E-state index in [0.717, 1.165) is 22.7 Å². The van der Waals surface area contributed by atoms with Crippen molar-refractivity contribution in [1.29, 1.82) is 0 Å². The Kier molecular flexibility index (Phi) is 8.24. The predicted octanol–water partition coefficient (Wildman–Crippen LogP) is 3.16. The van der Waals surface area contributed by atoms with Crippen LogP contribution in [0, 0.1) is 0 Å². The molecule has 0 aliphatic carbocycles. The Balaban J connectivity index is 1.49. The summed E-state index contributed by atoms with van der Waals surface area (Å²) in [6.07, 6.45) is 2.68. The second-order valence-corrected chi connectivity index (χ2v) is 9.40. The molecule has 8 nitrogen and oxygen atoms in total. The minimum absolute atomic E-state index is 0.0890. The van der Waals surface area contributed by atoms with Gasteiger partial charge in [-0.1, -0.05) is 26.0 Å². The zero-order valence-corrected chi connectivity index (χ0v) is 20.0. The Labute approximate surface area is 195 Å². The second-order valence-electron chi connectivity index (χ2n) is 7.46. The molecule has 1 N–H and O–H groups in total. The van der Waals surface area contributed by atoms with Gasteiger partial charge in [-0.05, 0) is 54.4 Å². The van der Waals surface area contributed by atoms with E-state index in [-0.39, 0.29) is 10.8 Å². The van der Waals surface area contributed by atoms with Gasteiger partial charge in [0.1, 0.15) is 5.75 Å². The highest BCUT2D eigenvalue weighted by Crippen LogP contribution is 2.17. The number of benzene rings is 2. The van der Waals surface area contributed by atoms with Crippen molar-refractivity contribution in [2.75, 3.05) is 20.2 Å². The zero-order chi connectivity index (χ0) is 23.8. The van der Waals surface area contributed by atoms with Crippen molar-refractivity contribution in [3.63, 3.8) is 0 Å². The van der Waals surface area contributed by atoms with Crippen LogP contribution in [0.5, 0.6) is 5.75 Å². The van der Waals surface area contributed by atoms with E-state index in [4.69, 9.17) is 4.74 Å². The van der Waals surface area contributed by atoms with E-state index in [1.807, 2.05) is 50.4 Å². The number of carbonyl (C=O) groups excluding carboxylic acids is 1. The number of rotatable bonds is 11. The summed E-state index contributed by atoms with van der Waals surface area (Å²) < 4.78 is 33.5. The number of aromatic nitrogens is 2. The van der Waals surface area contributed by atoms with E-state index in [9.17, 15) is 13.2 Å². The first-order chi connectivity index (χ1) is 15.9. The first-order valence-electron chi connectivity index (χ1n) is 10.9. The maximum absolute atomic E-state index is 12.6. The minimum Gasteiger partial charge on any atom is -0.497 e. The summed E-state index contributed by atoms with van der Waals surface area (Å²) in [4.78, 5) is 12.5. The first-order valence-corrected chi connectivity index (χ1v) is 12.4. The fraction of sp³-hybridized carbons (Fsp3) is 0.333. The molecule has 0 saturated heterocycles. The molecule has 0 fully saturated rings. The van der Waals surface area contributed by atoms with Crippen LogP contribution in [-0.2, 0) is 27.8 Å². The quantitative estimate of drug-likeness (QED) is 0.465. The smallest absolute Gasteiger partial charge is 0.243 e. The lowest BCUT2D eigenvalue weighted by molar-refractivity contribution is -0.121. The van der Waals surface area contributed by atoms with E-state index < -0.39 is 10.0 Å². The molecular weight excluding hydrogens is 440 g/mol. The number of methoxy groups -OCH3 is 1. The molecule has 0 atom stereocenters. The summed E-state index contributed by atoms with van der Waals surface area (Å²) >= 11 is 0. The molecule has 33 heavy (non-hydrogen) atoms. The van der Waals surface area contributed by atoms with E-state index in [2.05, 4.69) is 10.4 Å². The molecule has 3 aromatic rings. The maximum Gasteiger partial charge on any atom is 0.243 e. The van der Waals surface area contributed by atoms with Gasteiger partial charge in [0.15, 0.2) is 0 Å². The summed E-state index contributed by atoms with van der Waals surface area (Å²) in [5.74, 6) is 0.687. The number of sulfonamides is 1. The number of hydrogen-bond donors (Lipinski definition) is 1. The molecule has 0 saturated carbocycles. The van der Waals surface area contributed by atoms with Gasteiger partial charge >= 0.3 is 0 Å². The van der Waals surface area contributed by atoms with Gasteiger partial charge in [0.05, 0.1) is 29.9 Å². The number of amides is 1. The summed E-state index contributed by atoms with van der Waals surface area (Å²) in [6.45, 7) is 4.83. The monoisotopic (exact) mass is 470 g/mol. The van der Waals surface area contributed by atoms with Crippen molar-refractivity contribution in [3.05, 3.63) is 72.1 Å². The van der Waals surface area contributed by atoms with Gasteiger partial charge < -0.3 is 10.1 Å². The van der Waals surface area contributed by atoms with Gasteiger partial charge in [-0.2, -0.15) is 9.40 Å². The van der Waals surface area contributed by atoms with Crippen LogP contribution in [0.25, 0.3) is 5.69 Å². The normalized spacial score (nSPS) is 11.5. The molecule has 3 rings (SSSR count). The van der Waals surface area contributed by atoms with Crippen LogP contribution in [0.15, 0.2) is 65.7 Å². The molecule has 0 aliphatic heterocycles. The molecule has 0 radical (unpaired) electrons. The van der Waals surface area contributed by atoms with Crippen molar-refractivity contribution in [2.45, 2.75) is 38.1 Å². The highest BCUT2D eigenvalue weighted by Gasteiger charge is 2.21. The Morgan fingerprint density at radius 3 is 2.30 bits per heavy atom. The van der Waals surface area contributed by atoms with Crippen LogP contribution in [0.3, 0.4) is 0 Å². The van der Waals surface area contributed by atoms with Crippen LogP contribution in [0.1, 0.15) is 31.5 Å². The van der Waals surface area contributed by atoms with Gasteiger partial charge in [0, 0.05) is 25.7 Å². The van der Waals surface area contributed by atoms with Gasteiger partial charge in [-0.3, -0.25) is 4.79 Å². The van der Waals surface area contributed by atoms with Gasteiger partial charge in [0.25, 0.3) is 0 Å². The van der Waals surface area contributed by atoms with Crippen molar-refractivity contribution >= 4 is 15.9 Å². The fourth-order valence-corrected chi connectivity index (χ4v) is 4.87. The number of aryl methyl sites for hydroxylation is 1. The van der Waals surface area contributed by atoms with Crippen molar-refractivity contribution < 1.29 is 17.9 Å². The van der Waals surface area contributed by atoms with Crippen molar-refractivity contribution in [1.82, 2.24) is 19.4 Å². The molecule has 0 aliphatic rings. The highest BCUT2D eigenvalue weighted by atomic mass is 32.2. The molecule has 2 aromatic carbocycles. The average Bonchev–Trinajstić information content (AvgIpc) is 3.31. The van der Waals surface area contributed by atoms with E-state index >= 15 is 0 Å². The van der Waals surface area contributed by atoms with Crippen LogP contribution in [0.4, 0.5) is 0 Å². The van der Waals surface area contributed by atoms with E-state index in [1.54, 1.807) is 36.1 Å². The number of carbonyl (C=O) groups is 1. The zero-order valence-electron chi connectivity index (χ0n) is 19.2. The maximum atomic E-state index is 12.6. The molecule has 0 spiro atoms.